The molecule has 2 N–H and O–H groups in total. The summed E-state index contributed by atoms with van der Waals surface area (Å²) in [5.74, 6) is 1.30. The third kappa shape index (κ3) is 5.19. The summed E-state index contributed by atoms with van der Waals surface area (Å²) in [5.41, 5.74) is 6.21. The number of ether oxygens (including phenoxy) is 1. The summed E-state index contributed by atoms with van der Waals surface area (Å²) in [6, 6.07) is 34.7. The van der Waals surface area contributed by atoms with E-state index in [-0.39, 0.29) is 5.91 Å². The predicted octanol–water partition coefficient (Wildman–Crippen LogP) is 6.26. The van der Waals surface area contributed by atoms with Gasteiger partial charge in [0.2, 0.25) is 0 Å². The van der Waals surface area contributed by atoms with Gasteiger partial charge in [0.05, 0.1) is 7.11 Å². The number of anilines is 1. The lowest BCUT2D eigenvalue weighted by atomic mass is 10.0. The summed E-state index contributed by atoms with van der Waals surface area (Å²) in [5, 5.41) is 6.64. The van der Waals surface area contributed by atoms with E-state index in [1.807, 2.05) is 66.7 Å². The molecule has 1 fully saturated rings. The number of hydrogen-bond donors (Lipinski definition) is 2. The number of rotatable bonds is 8. The van der Waals surface area contributed by atoms with E-state index in [0.717, 1.165) is 35.5 Å². The van der Waals surface area contributed by atoms with Gasteiger partial charge in [0, 0.05) is 29.8 Å². The fraction of sp³-hybridized carbons (Fsp3) is 0.167. The van der Waals surface area contributed by atoms with Crippen LogP contribution in [0.3, 0.4) is 0 Å². The van der Waals surface area contributed by atoms with Crippen LogP contribution < -0.4 is 15.4 Å². The summed E-state index contributed by atoms with van der Waals surface area (Å²) in [4.78, 5) is 12.7. The van der Waals surface area contributed by atoms with Gasteiger partial charge in [-0.15, -0.1) is 0 Å². The molecule has 4 aromatic carbocycles. The van der Waals surface area contributed by atoms with E-state index in [1.54, 1.807) is 7.11 Å². The number of benzene rings is 4. The smallest absolute Gasteiger partial charge is 0.255 e. The summed E-state index contributed by atoms with van der Waals surface area (Å²) < 4.78 is 5.30. The minimum absolute atomic E-state index is 0.100. The maximum absolute atomic E-state index is 12.7. The number of carbonyl (C=O) groups is 1. The molecule has 0 radical (unpaired) electrons. The Morgan fingerprint density at radius 1 is 0.853 bits per heavy atom. The molecule has 5 rings (SSSR count). The van der Waals surface area contributed by atoms with Gasteiger partial charge in [-0.3, -0.25) is 4.79 Å². The largest absolute Gasteiger partial charge is 0.497 e. The third-order valence-corrected chi connectivity index (χ3v) is 6.34. The summed E-state index contributed by atoms with van der Waals surface area (Å²) in [6.07, 6.45) is 1.13. The van der Waals surface area contributed by atoms with Gasteiger partial charge in [-0.25, -0.2) is 0 Å². The van der Waals surface area contributed by atoms with Crippen LogP contribution in [0.4, 0.5) is 5.69 Å². The van der Waals surface area contributed by atoms with Crippen molar-refractivity contribution in [2.45, 2.75) is 24.9 Å². The minimum Gasteiger partial charge on any atom is -0.497 e. The maximum atomic E-state index is 12.7. The Balaban J connectivity index is 1.14. The van der Waals surface area contributed by atoms with E-state index in [9.17, 15) is 4.79 Å². The standard InChI is InChI=1S/C30H28N2O2/c1-34-27-9-5-6-21(18-27)20-31-29-19-28(29)24-14-16-26(17-15-24)32-30(33)25-12-10-23(11-13-25)22-7-3-2-4-8-22/h2-18,28-29,31H,19-20H2,1H3,(H,32,33)/t28-,29+/m0/s1. The molecule has 34 heavy (non-hydrogen) atoms. The van der Waals surface area contributed by atoms with Crippen LogP contribution in [0, 0.1) is 0 Å². The van der Waals surface area contributed by atoms with Gasteiger partial charge in [-0.05, 0) is 65.1 Å². The molecule has 0 spiro atoms. The highest BCUT2D eigenvalue weighted by atomic mass is 16.5. The highest BCUT2D eigenvalue weighted by Gasteiger charge is 2.37. The predicted molar refractivity (Wildman–Crippen MR) is 137 cm³/mol. The minimum atomic E-state index is -0.100. The van der Waals surface area contributed by atoms with Crippen molar-refractivity contribution in [2.24, 2.45) is 0 Å². The highest BCUT2D eigenvalue weighted by molar-refractivity contribution is 6.04. The summed E-state index contributed by atoms with van der Waals surface area (Å²) in [7, 11) is 1.69. The van der Waals surface area contributed by atoms with E-state index in [4.69, 9.17) is 4.74 Å². The first-order valence-electron chi connectivity index (χ1n) is 11.6. The van der Waals surface area contributed by atoms with Crippen LogP contribution in [-0.4, -0.2) is 19.1 Å². The number of nitrogens with one attached hydrogen (secondary N) is 2. The molecule has 2 atom stereocenters. The van der Waals surface area contributed by atoms with Gasteiger partial charge >= 0.3 is 0 Å². The van der Waals surface area contributed by atoms with Crippen molar-refractivity contribution in [3.63, 3.8) is 0 Å². The van der Waals surface area contributed by atoms with Crippen molar-refractivity contribution in [3.05, 3.63) is 120 Å². The van der Waals surface area contributed by atoms with Crippen LogP contribution >= 0.6 is 0 Å². The molecule has 4 heteroatoms. The molecule has 0 bridgehead atoms. The van der Waals surface area contributed by atoms with Crippen molar-refractivity contribution in [1.82, 2.24) is 5.32 Å². The number of methoxy groups -OCH3 is 1. The Morgan fingerprint density at radius 2 is 1.59 bits per heavy atom. The van der Waals surface area contributed by atoms with Crippen LogP contribution in [0.5, 0.6) is 5.75 Å². The first-order valence-corrected chi connectivity index (χ1v) is 11.6. The Morgan fingerprint density at radius 3 is 2.32 bits per heavy atom. The van der Waals surface area contributed by atoms with Gasteiger partial charge in [-0.2, -0.15) is 0 Å². The van der Waals surface area contributed by atoms with Gasteiger partial charge in [0.15, 0.2) is 0 Å². The molecule has 170 valence electrons. The molecule has 0 saturated heterocycles. The molecule has 0 aromatic heterocycles. The molecule has 1 aliphatic rings. The lowest BCUT2D eigenvalue weighted by molar-refractivity contribution is 0.102. The second kappa shape index (κ2) is 9.94. The van der Waals surface area contributed by atoms with Crippen molar-refractivity contribution in [3.8, 4) is 16.9 Å². The normalized spacial score (nSPS) is 16.6. The lowest BCUT2D eigenvalue weighted by Crippen LogP contribution is -2.17. The third-order valence-electron chi connectivity index (χ3n) is 6.34. The molecule has 1 saturated carbocycles. The van der Waals surface area contributed by atoms with Crippen LogP contribution in [0.15, 0.2) is 103 Å². The highest BCUT2D eigenvalue weighted by Crippen LogP contribution is 2.41. The van der Waals surface area contributed by atoms with Crippen molar-refractivity contribution in [2.75, 3.05) is 12.4 Å². The maximum Gasteiger partial charge on any atom is 0.255 e. The molecule has 4 aromatic rings. The monoisotopic (exact) mass is 448 g/mol. The van der Waals surface area contributed by atoms with Crippen LogP contribution in [0.25, 0.3) is 11.1 Å². The number of carbonyl (C=O) groups excluding carboxylic acids is 1. The van der Waals surface area contributed by atoms with Gasteiger partial charge in [-0.1, -0.05) is 66.7 Å². The zero-order valence-electron chi connectivity index (χ0n) is 19.2. The summed E-state index contributed by atoms with van der Waals surface area (Å²) >= 11 is 0. The average molecular weight is 449 g/mol. The molecular formula is C30H28N2O2. The SMILES string of the molecule is COc1cccc(CN[C@@H]2C[C@H]2c2ccc(NC(=O)c3ccc(-c4ccccc4)cc3)cc2)c1. The van der Waals surface area contributed by atoms with Gasteiger partial charge in [0.25, 0.3) is 5.91 Å². The second-order valence-electron chi connectivity index (χ2n) is 8.70. The van der Waals surface area contributed by atoms with Crippen LogP contribution in [0.2, 0.25) is 0 Å². The molecule has 0 aliphatic heterocycles. The quantitative estimate of drug-likeness (QED) is 0.334. The zero-order chi connectivity index (χ0) is 23.3. The van der Waals surface area contributed by atoms with E-state index >= 15 is 0 Å². The Bertz CT molecular complexity index is 1250. The lowest BCUT2D eigenvalue weighted by Gasteiger charge is -2.09. The first-order chi connectivity index (χ1) is 16.7. The Hall–Kier alpha value is -3.89. The van der Waals surface area contributed by atoms with E-state index < -0.39 is 0 Å². The van der Waals surface area contributed by atoms with E-state index in [1.165, 1.54) is 11.1 Å². The van der Waals surface area contributed by atoms with Crippen LogP contribution in [-0.2, 0) is 6.54 Å². The van der Waals surface area contributed by atoms with Gasteiger partial charge in [0.1, 0.15) is 5.75 Å². The fourth-order valence-electron chi connectivity index (χ4n) is 4.28. The average Bonchev–Trinajstić information content (AvgIpc) is 3.68. The van der Waals surface area contributed by atoms with Crippen LogP contribution in [0.1, 0.15) is 33.8 Å². The molecular weight excluding hydrogens is 420 g/mol. The topological polar surface area (TPSA) is 50.4 Å². The van der Waals surface area contributed by atoms with Gasteiger partial charge < -0.3 is 15.4 Å². The first kappa shape index (κ1) is 21.9. The zero-order valence-corrected chi connectivity index (χ0v) is 19.2. The van der Waals surface area contributed by atoms with E-state index in [2.05, 4.69) is 47.0 Å². The Labute approximate surface area is 200 Å². The number of amides is 1. The second-order valence-corrected chi connectivity index (χ2v) is 8.70. The van der Waals surface area contributed by atoms with Crippen molar-refractivity contribution >= 4 is 11.6 Å². The van der Waals surface area contributed by atoms with Crippen molar-refractivity contribution < 1.29 is 9.53 Å². The fourth-order valence-corrected chi connectivity index (χ4v) is 4.28. The molecule has 4 nitrogen and oxygen atoms in total. The molecule has 0 heterocycles. The number of hydrogen-bond acceptors (Lipinski definition) is 3. The van der Waals surface area contributed by atoms with Crippen molar-refractivity contribution in [1.29, 1.82) is 0 Å². The Kier molecular flexibility index (Phi) is 6.41. The van der Waals surface area contributed by atoms with E-state index in [0.29, 0.717) is 17.5 Å². The molecule has 1 aliphatic carbocycles. The molecule has 1 amide bonds. The molecule has 0 unspecified atom stereocenters. The summed E-state index contributed by atoms with van der Waals surface area (Å²) in [6.45, 7) is 0.829.